The fraction of sp³-hybridized carbons (Fsp3) is 0.132. The van der Waals surface area contributed by atoms with Gasteiger partial charge >= 0.3 is 0 Å². The average molecular weight is 1090 g/mol. The number of para-hydroxylation sites is 1. The van der Waals surface area contributed by atoms with Crippen LogP contribution in [0.1, 0.15) is 55.9 Å². The van der Waals surface area contributed by atoms with Crippen molar-refractivity contribution in [1.29, 1.82) is 0 Å². The van der Waals surface area contributed by atoms with Gasteiger partial charge in [0.1, 0.15) is 5.01 Å². The average Bonchev–Trinajstić information content (AvgIpc) is 1.86. The SMILES string of the molecule is Cc1ccc2c(c1)c1cc(C)ccc1n2-c1c(-c2cc(C)nc(C)c2)c(-n2c3ccc(C)cc3c3cc(C)ccc32)c(-n2c3ccc(C)cc3c3cc(C)ccc32)c(-c2nc3ccccc3s2)c1-n1c2ccc(C)cc2c2cc(C)ccc21. The van der Waals surface area contributed by atoms with E-state index < -0.39 is 0 Å². The maximum Gasteiger partial charge on any atom is 0.129 e. The summed E-state index contributed by atoms with van der Waals surface area (Å²) in [5, 5.41) is 10.6. The van der Waals surface area contributed by atoms with E-state index in [0.29, 0.717) is 0 Å². The minimum absolute atomic E-state index is 0.927. The lowest BCUT2D eigenvalue weighted by molar-refractivity contribution is 1.04. The predicted molar refractivity (Wildman–Crippen MR) is 353 cm³/mol. The van der Waals surface area contributed by atoms with Crippen LogP contribution in [0.25, 0.3) is 142 Å². The highest BCUT2D eigenvalue weighted by molar-refractivity contribution is 7.21. The molecule has 0 unspecified atom stereocenters. The normalized spacial score (nSPS) is 12.2. The second-order valence-electron chi connectivity index (χ2n) is 23.8. The summed E-state index contributed by atoms with van der Waals surface area (Å²) < 4.78 is 11.6. The summed E-state index contributed by atoms with van der Waals surface area (Å²) >= 11 is 1.78. The topological polar surface area (TPSA) is 45.5 Å². The maximum atomic E-state index is 5.94. The zero-order chi connectivity index (χ0) is 56.4. The van der Waals surface area contributed by atoms with Crippen LogP contribution in [0.5, 0.6) is 0 Å². The van der Waals surface area contributed by atoms with E-state index in [1.807, 2.05) is 0 Å². The van der Waals surface area contributed by atoms with Crippen LogP contribution in [0.15, 0.2) is 182 Å². The molecular weight excluding hydrogens is 1030 g/mol. The molecule has 0 bridgehead atoms. The molecule has 400 valence electrons. The summed E-state index contributed by atoms with van der Waals surface area (Å²) in [7, 11) is 0. The number of hydrogen-bond acceptors (Lipinski definition) is 3. The van der Waals surface area contributed by atoms with Crippen LogP contribution in [-0.4, -0.2) is 28.2 Å². The number of rotatable bonds is 6. The Morgan fingerprint density at radius 3 is 0.819 bits per heavy atom. The highest BCUT2D eigenvalue weighted by Crippen LogP contribution is 2.56. The number of thiazole rings is 1. The van der Waals surface area contributed by atoms with Gasteiger partial charge in [-0.15, -0.1) is 11.3 Å². The molecule has 16 aromatic rings. The van der Waals surface area contributed by atoms with Crippen molar-refractivity contribution in [3.63, 3.8) is 0 Å². The molecule has 0 radical (unpaired) electrons. The van der Waals surface area contributed by atoms with Gasteiger partial charge in [0.15, 0.2) is 0 Å². The van der Waals surface area contributed by atoms with Crippen LogP contribution in [-0.2, 0) is 0 Å². The van der Waals surface area contributed by atoms with E-state index in [1.165, 1.54) is 87.6 Å². The van der Waals surface area contributed by atoms with E-state index in [9.17, 15) is 0 Å². The van der Waals surface area contributed by atoms with Gasteiger partial charge in [0.25, 0.3) is 0 Å². The number of aryl methyl sites for hydroxylation is 10. The fourth-order valence-corrected chi connectivity index (χ4v) is 15.0. The molecule has 0 aliphatic carbocycles. The first-order chi connectivity index (χ1) is 40.2. The molecule has 0 amide bonds. The van der Waals surface area contributed by atoms with Crippen molar-refractivity contribution < 1.29 is 0 Å². The summed E-state index contributed by atoms with van der Waals surface area (Å²) in [6.45, 7) is 22.1. The van der Waals surface area contributed by atoms with Crippen molar-refractivity contribution in [1.82, 2.24) is 28.2 Å². The van der Waals surface area contributed by atoms with Gasteiger partial charge in [-0.3, -0.25) is 4.98 Å². The molecule has 83 heavy (non-hydrogen) atoms. The highest BCUT2D eigenvalue weighted by Gasteiger charge is 2.37. The highest BCUT2D eigenvalue weighted by atomic mass is 32.1. The Labute approximate surface area is 485 Å². The third kappa shape index (κ3) is 7.33. The van der Waals surface area contributed by atoms with Crippen molar-refractivity contribution in [3.8, 4) is 44.4 Å². The fourth-order valence-electron chi connectivity index (χ4n) is 14.0. The van der Waals surface area contributed by atoms with Gasteiger partial charge in [-0.2, -0.15) is 0 Å². The third-order valence-electron chi connectivity index (χ3n) is 17.5. The van der Waals surface area contributed by atoms with Crippen molar-refractivity contribution in [2.75, 3.05) is 0 Å². The van der Waals surface area contributed by atoms with Crippen LogP contribution < -0.4 is 0 Å². The van der Waals surface area contributed by atoms with Gasteiger partial charge in [0, 0.05) is 60.0 Å². The zero-order valence-corrected chi connectivity index (χ0v) is 49.2. The lowest BCUT2D eigenvalue weighted by Crippen LogP contribution is -2.16. The standard InChI is InChI=1S/C76H60N6S/c1-41-15-23-61-52(31-41)53-32-42(2)16-24-62(53)79(61)72-70(51-39-49(9)77-50(10)40-51)73(80-63-25-17-43(3)33-54(63)55-34-44(4)18-26-64(55)80)75(82-67-29-21-47(7)37-58(67)59-38-48(8)22-30-68(59)82)71(76-78-60-13-11-12-14-69(60)83-76)74(72)81-65-27-19-45(5)35-56(65)57-36-46(6)20-28-66(57)81/h11-40H,1-10H3. The molecule has 7 heteroatoms. The second kappa shape index (κ2) is 18.0. The molecule has 0 saturated heterocycles. The molecule has 10 aromatic carbocycles. The molecule has 6 aromatic heterocycles. The Balaban J connectivity index is 1.32. The molecule has 0 fully saturated rings. The van der Waals surface area contributed by atoms with E-state index in [2.05, 4.69) is 269 Å². The summed E-state index contributed by atoms with van der Waals surface area (Å²) in [5.41, 5.74) is 28.9. The number of fused-ring (bicyclic) bond motifs is 13. The Morgan fingerprint density at radius 1 is 0.277 bits per heavy atom. The number of pyridine rings is 1. The lowest BCUT2D eigenvalue weighted by atomic mass is 9.92. The molecule has 0 spiro atoms. The first-order valence-corrected chi connectivity index (χ1v) is 29.7. The summed E-state index contributed by atoms with van der Waals surface area (Å²) in [5.74, 6) is 0. The van der Waals surface area contributed by atoms with E-state index in [0.717, 1.165) is 110 Å². The summed E-state index contributed by atoms with van der Waals surface area (Å²) in [6, 6.07) is 69.7. The largest absolute Gasteiger partial charge is 0.306 e. The summed E-state index contributed by atoms with van der Waals surface area (Å²) in [4.78, 5) is 11.1. The van der Waals surface area contributed by atoms with Crippen LogP contribution in [0.3, 0.4) is 0 Å². The Bertz CT molecular complexity index is 4950. The molecule has 6 nitrogen and oxygen atoms in total. The van der Waals surface area contributed by atoms with E-state index in [-0.39, 0.29) is 0 Å². The third-order valence-corrected chi connectivity index (χ3v) is 18.5. The molecule has 6 heterocycles. The molecule has 0 N–H and O–H groups in total. The Morgan fingerprint density at radius 2 is 0.542 bits per heavy atom. The number of nitrogens with zero attached hydrogens (tertiary/aromatic N) is 6. The molecule has 16 rings (SSSR count). The molecule has 0 aliphatic rings. The van der Waals surface area contributed by atoms with Gasteiger partial charge in [-0.05, 0) is 196 Å². The monoisotopic (exact) mass is 1090 g/mol. The first-order valence-electron chi connectivity index (χ1n) is 28.9. The smallest absolute Gasteiger partial charge is 0.129 e. The van der Waals surface area contributed by atoms with Crippen molar-refractivity contribution in [2.24, 2.45) is 0 Å². The molecule has 0 saturated carbocycles. The van der Waals surface area contributed by atoms with E-state index in [1.54, 1.807) is 11.3 Å². The maximum absolute atomic E-state index is 5.94. The molecular formula is C76H60N6S. The molecule has 0 atom stereocenters. The van der Waals surface area contributed by atoms with Gasteiger partial charge < -0.3 is 18.3 Å². The minimum atomic E-state index is 0.927. The minimum Gasteiger partial charge on any atom is -0.306 e. The van der Waals surface area contributed by atoms with Crippen LogP contribution in [0, 0.1) is 69.2 Å². The second-order valence-corrected chi connectivity index (χ2v) is 24.8. The Hall–Kier alpha value is -9.56. The zero-order valence-electron chi connectivity index (χ0n) is 48.4. The van der Waals surface area contributed by atoms with E-state index in [4.69, 9.17) is 9.97 Å². The quantitative estimate of drug-likeness (QED) is 0.167. The van der Waals surface area contributed by atoms with E-state index >= 15 is 0 Å². The number of hydrogen-bond donors (Lipinski definition) is 0. The van der Waals surface area contributed by atoms with Crippen LogP contribution in [0.2, 0.25) is 0 Å². The van der Waals surface area contributed by atoms with Gasteiger partial charge in [0.2, 0.25) is 0 Å². The van der Waals surface area contributed by atoms with Crippen LogP contribution >= 0.6 is 11.3 Å². The Kier molecular flexibility index (Phi) is 10.7. The van der Waals surface area contributed by atoms with Crippen molar-refractivity contribution in [3.05, 3.63) is 238 Å². The number of benzene rings is 10. The molecule has 0 aliphatic heterocycles. The van der Waals surface area contributed by atoms with Gasteiger partial charge in [-0.25, -0.2) is 4.98 Å². The summed E-state index contributed by atoms with van der Waals surface area (Å²) in [6.07, 6.45) is 0. The lowest BCUT2D eigenvalue weighted by Gasteiger charge is -2.31. The predicted octanol–water partition coefficient (Wildman–Crippen LogP) is 20.5. The van der Waals surface area contributed by atoms with Crippen molar-refractivity contribution >= 4 is 109 Å². The van der Waals surface area contributed by atoms with Crippen LogP contribution in [0.4, 0.5) is 0 Å². The number of aromatic nitrogens is 6. The van der Waals surface area contributed by atoms with Crippen molar-refractivity contribution in [2.45, 2.75) is 69.2 Å². The van der Waals surface area contributed by atoms with Gasteiger partial charge in [-0.1, -0.05) is 105 Å². The first kappa shape index (κ1) is 49.3. The van der Waals surface area contributed by atoms with Gasteiger partial charge in [0.05, 0.1) is 82.7 Å².